The highest BCUT2D eigenvalue weighted by Crippen LogP contribution is 2.37. The van der Waals surface area contributed by atoms with Crippen LogP contribution in [0.5, 0.6) is 11.5 Å². The molecule has 8 nitrogen and oxygen atoms in total. The lowest BCUT2D eigenvalue weighted by atomic mass is 10.0. The molecule has 0 saturated heterocycles. The molecule has 1 aromatic heterocycles. The van der Waals surface area contributed by atoms with Gasteiger partial charge in [-0.15, -0.1) is 10.2 Å². The van der Waals surface area contributed by atoms with Gasteiger partial charge in [0.1, 0.15) is 22.6 Å². The lowest BCUT2D eigenvalue weighted by molar-refractivity contribution is -0.121. The van der Waals surface area contributed by atoms with Crippen molar-refractivity contribution in [2.75, 3.05) is 19.6 Å². The topological polar surface area (TPSA) is 90.3 Å². The van der Waals surface area contributed by atoms with Crippen molar-refractivity contribution in [3.05, 3.63) is 65.5 Å². The predicted octanol–water partition coefficient (Wildman–Crippen LogP) is 2.68. The van der Waals surface area contributed by atoms with Gasteiger partial charge in [0.2, 0.25) is 11.1 Å². The first-order chi connectivity index (χ1) is 14.6. The highest BCUT2D eigenvalue weighted by atomic mass is 32.2. The summed E-state index contributed by atoms with van der Waals surface area (Å²) >= 11 is 1.40. The molecule has 9 heteroatoms. The largest absolute Gasteiger partial charge is 0.497 e. The quantitative estimate of drug-likeness (QED) is 0.627. The monoisotopic (exact) mass is 425 g/mol. The predicted molar refractivity (Wildman–Crippen MR) is 114 cm³/mol. The SMILES string of the molecule is COc1ccc(CNC(=O)[C@H]2Sc3nnc(C)n3N[C@H]2c2ccc(OC)cc2)cc1. The van der Waals surface area contributed by atoms with E-state index >= 15 is 0 Å². The van der Waals surface area contributed by atoms with E-state index in [1.54, 1.807) is 14.2 Å². The van der Waals surface area contributed by atoms with Gasteiger partial charge in [-0.05, 0) is 42.3 Å². The van der Waals surface area contributed by atoms with Crippen LogP contribution < -0.4 is 20.2 Å². The van der Waals surface area contributed by atoms with Gasteiger partial charge in [-0.1, -0.05) is 36.0 Å². The van der Waals surface area contributed by atoms with Gasteiger partial charge >= 0.3 is 0 Å². The molecule has 1 aliphatic rings. The minimum absolute atomic E-state index is 0.0731. The second-order valence-electron chi connectivity index (χ2n) is 6.85. The summed E-state index contributed by atoms with van der Waals surface area (Å²) in [4.78, 5) is 13.1. The van der Waals surface area contributed by atoms with Crippen LogP contribution in [0.2, 0.25) is 0 Å². The molecule has 1 aliphatic heterocycles. The highest BCUT2D eigenvalue weighted by molar-refractivity contribution is 8.00. The number of ether oxygens (including phenoxy) is 2. The maximum atomic E-state index is 13.1. The number of rotatable bonds is 6. The van der Waals surface area contributed by atoms with Gasteiger partial charge in [-0.2, -0.15) is 0 Å². The number of aryl methyl sites for hydroxylation is 1. The first-order valence-corrected chi connectivity index (χ1v) is 10.4. The summed E-state index contributed by atoms with van der Waals surface area (Å²) in [6.07, 6.45) is 0. The van der Waals surface area contributed by atoms with E-state index in [0.717, 1.165) is 28.5 Å². The number of fused-ring (bicyclic) bond motifs is 1. The molecule has 0 bridgehead atoms. The second kappa shape index (κ2) is 8.66. The Labute approximate surface area is 179 Å². The van der Waals surface area contributed by atoms with Crippen LogP contribution in [0.15, 0.2) is 53.7 Å². The van der Waals surface area contributed by atoms with E-state index in [1.807, 2.05) is 60.1 Å². The van der Waals surface area contributed by atoms with Crippen molar-refractivity contribution < 1.29 is 14.3 Å². The number of carbonyl (C=O) groups is 1. The van der Waals surface area contributed by atoms with E-state index in [-0.39, 0.29) is 11.9 Å². The van der Waals surface area contributed by atoms with Crippen LogP contribution in [0.4, 0.5) is 0 Å². The normalized spacial score (nSPS) is 17.6. The fourth-order valence-corrected chi connectivity index (χ4v) is 4.40. The van der Waals surface area contributed by atoms with E-state index < -0.39 is 5.25 Å². The Balaban J connectivity index is 1.54. The third-order valence-corrected chi connectivity index (χ3v) is 6.17. The standard InChI is InChI=1S/C21H23N5O3S/c1-13-23-24-21-26(13)25-18(15-6-10-17(29-3)11-7-15)19(30-21)20(27)22-12-14-4-8-16(28-2)9-5-14/h4-11,18-19,25H,12H2,1-3H3,(H,22,27)/t18-,19-/m0/s1. The Kier molecular flexibility index (Phi) is 5.80. The average molecular weight is 426 g/mol. The van der Waals surface area contributed by atoms with Crippen molar-refractivity contribution >= 4 is 17.7 Å². The molecule has 2 atom stereocenters. The van der Waals surface area contributed by atoms with E-state index in [2.05, 4.69) is 20.9 Å². The Morgan fingerprint density at radius 3 is 2.33 bits per heavy atom. The van der Waals surface area contributed by atoms with Crippen molar-refractivity contribution in [1.82, 2.24) is 20.2 Å². The number of nitrogens with zero attached hydrogens (tertiary/aromatic N) is 3. The molecular formula is C21H23N5O3S. The molecule has 156 valence electrons. The summed E-state index contributed by atoms with van der Waals surface area (Å²) in [5.74, 6) is 2.22. The lowest BCUT2D eigenvalue weighted by Crippen LogP contribution is -2.44. The zero-order chi connectivity index (χ0) is 21.1. The van der Waals surface area contributed by atoms with Crippen molar-refractivity contribution in [1.29, 1.82) is 0 Å². The Hall–Kier alpha value is -3.20. The number of thioether (sulfide) groups is 1. The van der Waals surface area contributed by atoms with E-state index in [4.69, 9.17) is 9.47 Å². The number of hydrogen-bond acceptors (Lipinski definition) is 7. The maximum Gasteiger partial charge on any atom is 0.236 e. The fourth-order valence-electron chi connectivity index (χ4n) is 3.25. The Morgan fingerprint density at radius 2 is 1.70 bits per heavy atom. The zero-order valence-electron chi connectivity index (χ0n) is 17.0. The molecule has 4 rings (SSSR count). The van der Waals surface area contributed by atoms with Crippen LogP contribution in [0.3, 0.4) is 0 Å². The molecule has 0 spiro atoms. The molecule has 2 aromatic carbocycles. The number of methoxy groups -OCH3 is 2. The van der Waals surface area contributed by atoms with Gasteiger partial charge in [0, 0.05) is 6.54 Å². The van der Waals surface area contributed by atoms with Gasteiger partial charge in [-0.25, -0.2) is 4.68 Å². The summed E-state index contributed by atoms with van der Waals surface area (Å²) in [5.41, 5.74) is 5.37. The number of hydrogen-bond donors (Lipinski definition) is 2. The fraction of sp³-hybridized carbons (Fsp3) is 0.286. The van der Waals surface area contributed by atoms with Crippen molar-refractivity contribution in [3.8, 4) is 11.5 Å². The average Bonchev–Trinajstić information content (AvgIpc) is 3.16. The molecule has 0 unspecified atom stereocenters. The van der Waals surface area contributed by atoms with Crippen LogP contribution >= 0.6 is 11.8 Å². The minimum atomic E-state index is -0.409. The van der Waals surface area contributed by atoms with Crippen molar-refractivity contribution in [2.45, 2.75) is 29.9 Å². The van der Waals surface area contributed by atoms with E-state index in [1.165, 1.54) is 11.8 Å². The van der Waals surface area contributed by atoms with Gasteiger partial charge in [0.05, 0.1) is 20.3 Å². The number of nitrogens with one attached hydrogen (secondary N) is 2. The maximum absolute atomic E-state index is 13.1. The second-order valence-corrected chi connectivity index (χ2v) is 7.96. The first-order valence-electron chi connectivity index (χ1n) is 9.49. The zero-order valence-corrected chi connectivity index (χ0v) is 17.8. The van der Waals surface area contributed by atoms with Crippen LogP contribution in [0.25, 0.3) is 0 Å². The Morgan fingerprint density at radius 1 is 1.07 bits per heavy atom. The summed E-state index contributed by atoms with van der Waals surface area (Å²) in [6, 6.07) is 15.1. The van der Waals surface area contributed by atoms with Crippen LogP contribution in [-0.4, -0.2) is 40.3 Å². The van der Waals surface area contributed by atoms with Crippen LogP contribution in [0.1, 0.15) is 23.0 Å². The number of carbonyl (C=O) groups excluding carboxylic acids is 1. The van der Waals surface area contributed by atoms with Crippen LogP contribution in [-0.2, 0) is 11.3 Å². The molecule has 2 heterocycles. The molecular weight excluding hydrogens is 402 g/mol. The molecule has 30 heavy (non-hydrogen) atoms. The molecule has 3 aromatic rings. The number of amides is 1. The van der Waals surface area contributed by atoms with Crippen LogP contribution in [0, 0.1) is 6.92 Å². The van der Waals surface area contributed by atoms with Gasteiger partial charge in [0.15, 0.2) is 0 Å². The summed E-state index contributed by atoms with van der Waals surface area (Å²) in [7, 11) is 3.26. The van der Waals surface area contributed by atoms with Crippen molar-refractivity contribution in [2.24, 2.45) is 0 Å². The molecule has 0 radical (unpaired) electrons. The lowest BCUT2D eigenvalue weighted by Gasteiger charge is -2.32. The molecule has 0 saturated carbocycles. The van der Waals surface area contributed by atoms with Gasteiger partial charge < -0.3 is 20.2 Å². The minimum Gasteiger partial charge on any atom is -0.497 e. The molecule has 1 amide bonds. The molecule has 0 fully saturated rings. The third-order valence-electron chi connectivity index (χ3n) is 4.96. The number of aromatic nitrogens is 3. The van der Waals surface area contributed by atoms with Gasteiger partial charge in [0.25, 0.3) is 0 Å². The third kappa shape index (κ3) is 4.06. The summed E-state index contributed by atoms with van der Waals surface area (Å²) < 4.78 is 12.3. The van der Waals surface area contributed by atoms with E-state index in [9.17, 15) is 4.79 Å². The highest BCUT2D eigenvalue weighted by Gasteiger charge is 2.37. The molecule has 2 N–H and O–H groups in total. The number of benzene rings is 2. The smallest absolute Gasteiger partial charge is 0.236 e. The summed E-state index contributed by atoms with van der Waals surface area (Å²) in [6.45, 7) is 2.31. The van der Waals surface area contributed by atoms with E-state index in [0.29, 0.717) is 11.7 Å². The first kappa shape index (κ1) is 20.1. The molecule has 0 aliphatic carbocycles. The van der Waals surface area contributed by atoms with Crippen molar-refractivity contribution in [3.63, 3.8) is 0 Å². The Bertz CT molecular complexity index is 1020. The van der Waals surface area contributed by atoms with Gasteiger partial charge in [-0.3, -0.25) is 4.79 Å². The summed E-state index contributed by atoms with van der Waals surface area (Å²) in [5, 5.41) is 11.6.